The number of hydrogen-bond donors (Lipinski definition) is 2. The summed E-state index contributed by atoms with van der Waals surface area (Å²) in [6, 6.07) is 13.2. The minimum atomic E-state index is -0.958. The molecule has 2 aromatic rings. The maximum Gasteiger partial charge on any atom is 0.335 e. The minimum Gasteiger partial charge on any atom is -0.478 e. The normalized spacial score (nSPS) is 10.4. The summed E-state index contributed by atoms with van der Waals surface area (Å²) in [5, 5.41) is 12.0. The monoisotopic (exact) mass is 325 g/mol. The molecule has 0 unspecified atom stereocenters. The van der Waals surface area contributed by atoms with Crippen molar-refractivity contribution in [3.63, 3.8) is 0 Å². The summed E-state index contributed by atoms with van der Waals surface area (Å²) in [6.07, 6.45) is 1.51. The van der Waals surface area contributed by atoms with Gasteiger partial charge in [0, 0.05) is 13.0 Å². The molecule has 24 heavy (non-hydrogen) atoms. The maximum absolute atomic E-state index is 12.0. The molecule has 0 fully saturated rings. The van der Waals surface area contributed by atoms with Crippen molar-refractivity contribution < 1.29 is 14.7 Å². The topological polar surface area (TPSA) is 66.4 Å². The lowest BCUT2D eigenvalue weighted by Gasteiger charge is -2.08. The van der Waals surface area contributed by atoms with Crippen LogP contribution in [0, 0.1) is 13.8 Å². The van der Waals surface area contributed by atoms with Crippen molar-refractivity contribution in [2.45, 2.75) is 33.1 Å². The highest BCUT2D eigenvalue weighted by atomic mass is 16.4. The van der Waals surface area contributed by atoms with Gasteiger partial charge in [0.1, 0.15) is 0 Å². The van der Waals surface area contributed by atoms with Crippen LogP contribution in [0.1, 0.15) is 39.0 Å². The number of aromatic carboxylic acids is 1. The van der Waals surface area contributed by atoms with Crippen LogP contribution in [0.15, 0.2) is 42.5 Å². The van der Waals surface area contributed by atoms with Gasteiger partial charge in [0.15, 0.2) is 0 Å². The molecule has 0 atom stereocenters. The van der Waals surface area contributed by atoms with Crippen LogP contribution in [0.2, 0.25) is 0 Å². The molecule has 0 saturated heterocycles. The van der Waals surface area contributed by atoms with Gasteiger partial charge in [-0.05, 0) is 43.9 Å². The molecule has 0 bridgehead atoms. The quantitative estimate of drug-likeness (QED) is 0.821. The average Bonchev–Trinajstić information content (AvgIpc) is 2.52. The molecule has 0 saturated carbocycles. The highest BCUT2D eigenvalue weighted by Crippen LogP contribution is 2.11. The number of rotatable bonds is 7. The molecule has 1 amide bonds. The van der Waals surface area contributed by atoms with E-state index in [0.717, 1.165) is 6.42 Å². The number of carbonyl (C=O) groups is 2. The SMILES string of the molecule is Cc1cc(C)cc(CCNC(=O)CCc2ccccc2C(=O)O)c1. The van der Waals surface area contributed by atoms with E-state index in [4.69, 9.17) is 5.11 Å². The summed E-state index contributed by atoms with van der Waals surface area (Å²) in [6.45, 7) is 4.71. The van der Waals surface area contributed by atoms with Gasteiger partial charge in [-0.25, -0.2) is 4.79 Å². The van der Waals surface area contributed by atoms with Crippen molar-refractivity contribution in [1.82, 2.24) is 5.32 Å². The zero-order valence-electron chi connectivity index (χ0n) is 14.1. The van der Waals surface area contributed by atoms with Crippen molar-refractivity contribution >= 4 is 11.9 Å². The van der Waals surface area contributed by atoms with E-state index in [-0.39, 0.29) is 17.9 Å². The molecule has 126 valence electrons. The van der Waals surface area contributed by atoms with Gasteiger partial charge >= 0.3 is 5.97 Å². The van der Waals surface area contributed by atoms with Gasteiger partial charge in [-0.3, -0.25) is 4.79 Å². The zero-order chi connectivity index (χ0) is 17.5. The summed E-state index contributed by atoms with van der Waals surface area (Å²) in [5.41, 5.74) is 4.61. The fourth-order valence-electron chi connectivity index (χ4n) is 2.84. The first-order valence-corrected chi connectivity index (χ1v) is 8.11. The number of benzene rings is 2. The number of carbonyl (C=O) groups excluding carboxylic acids is 1. The smallest absolute Gasteiger partial charge is 0.335 e. The standard InChI is InChI=1S/C20H23NO3/c1-14-11-15(2)13-16(12-14)9-10-21-19(22)8-7-17-5-3-4-6-18(17)20(23)24/h3-6,11-13H,7-10H2,1-2H3,(H,21,22)(H,23,24). The fraction of sp³-hybridized carbons (Fsp3) is 0.300. The van der Waals surface area contributed by atoms with Crippen LogP contribution in [-0.4, -0.2) is 23.5 Å². The second kappa shape index (κ2) is 8.29. The number of aryl methyl sites for hydroxylation is 3. The van der Waals surface area contributed by atoms with Crippen LogP contribution in [0.5, 0.6) is 0 Å². The van der Waals surface area contributed by atoms with Gasteiger partial charge in [-0.1, -0.05) is 47.5 Å². The summed E-state index contributed by atoms with van der Waals surface area (Å²) >= 11 is 0. The van der Waals surface area contributed by atoms with Gasteiger partial charge in [-0.15, -0.1) is 0 Å². The van der Waals surface area contributed by atoms with Crippen molar-refractivity contribution in [3.8, 4) is 0 Å². The molecule has 2 rings (SSSR count). The molecule has 4 heteroatoms. The predicted molar refractivity (Wildman–Crippen MR) is 94.4 cm³/mol. The fourth-order valence-corrected chi connectivity index (χ4v) is 2.84. The van der Waals surface area contributed by atoms with Crippen molar-refractivity contribution in [1.29, 1.82) is 0 Å². The third-order valence-corrected chi connectivity index (χ3v) is 3.89. The van der Waals surface area contributed by atoms with E-state index in [2.05, 4.69) is 37.4 Å². The van der Waals surface area contributed by atoms with Gasteiger partial charge < -0.3 is 10.4 Å². The van der Waals surface area contributed by atoms with Crippen molar-refractivity contribution in [2.75, 3.05) is 6.54 Å². The molecule has 0 heterocycles. The molecule has 0 aliphatic rings. The Morgan fingerprint density at radius 3 is 2.33 bits per heavy atom. The number of amides is 1. The first-order chi connectivity index (χ1) is 11.5. The van der Waals surface area contributed by atoms with Crippen LogP contribution in [-0.2, 0) is 17.6 Å². The maximum atomic E-state index is 12.0. The Hall–Kier alpha value is -2.62. The van der Waals surface area contributed by atoms with Crippen LogP contribution in [0.3, 0.4) is 0 Å². The van der Waals surface area contributed by atoms with E-state index in [0.29, 0.717) is 18.5 Å². The second-order valence-corrected chi connectivity index (χ2v) is 6.06. The lowest BCUT2D eigenvalue weighted by molar-refractivity contribution is -0.121. The molecule has 0 spiro atoms. The predicted octanol–water partition coefficient (Wildman–Crippen LogP) is 3.29. The Balaban J connectivity index is 1.81. The molecule has 4 nitrogen and oxygen atoms in total. The largest absolute Gasteiger partial charge is 0.478 e. The molecule has 0 aromatic heterocycles. The molecular weight excluding hydrogens is 302 g/mol. The average molecular weight is 325 g/mol. The molecule has 0 aliphatic carbocycles. The van der Waals surface area contributed by atoms with E-state index >= 15 is 0 Å². The summed E-state index contributed by atoms with van der Waals surface area (Å²) in [5.74, 6) is -1.01. The summed E-state index contributed by atoms with van der Waals surface area (Å²) in [4.78, 5) is 23.1. The van der Waals surface area contributed by atoms with Gasteiger partial charge in [0.05, 0.1) is 5.56 Å². The van der Waals surface area contributed by atoms with Crippen molar-refractivity contribution in [3.05, 3.63) is 70.3 Å². The Kier molecular flexibility index (Phi) is 6.13. The van der Waals surface area contributed by atoms with Crippen molar-refractivity contribution in [2.24, 2.45) is 0 Å². The Morgan fingerprint density at radius 2 is 1.67 bits per heavy atom. The Morgan fingerprint density at radius 1 is 1.00 bits per heavy atom. The molecular formula is C20H23NO3. The summed E-state index contributed by atoms with van der Waals surface area (Å²) < 4.78 is 0. The highest BCUT2D eigenvalue weighted by molar-refractivity contribution is 5.89. The number of nitrogens with one attached hydrogen (secondary N) is 1. The lowest BCUT2D eigenvalue weighted by atomic mass is 10.0. The third-order valence-electron chi connectivity index (χ3n) is 3.89. The first kappa shape index (κ1) is 17.7. The Bertz CT molecular complexity index is 717. The van der Waals surface area contributed by atoms with E-state index in [1.807, 2.05) is 0 Å². The molecule has 0 aliphatic heterocycles. The Labute approximate surface area is 142 Å². The van der Waals surface area contributed by atoms with E-state index in [9.17, 15) is 9.59 Å². The first-order valence-electron chi connectivity index (χ1n) is 8.11. The molecule has 0 radical (unpaired) electrons. The van der Waals surface area contributed by atoms with Crippen LogP contribution in [0.4, 0.5) is 0 Å². The van der Waals surface area contributed by atoms with Crippen LogP contribution < -0.4 is 5.32 Å². The van der Waals surface area contributed by atoms with Crippen LogP contribution >= 0.6 is 0 Å². The van der Waals surface area contributed by atoms with Gasteiger partial charge in [0.25, 0.3) is 0 Å². The van der Waals surface area contributed by atoms with Gasteiger partial charge in [0.2, 0.25) is 5.91 Å². The lowest BCUT2D eigenvalue weighted by Crippen LogP contribution is -2.26. The number of carboxylic acids is 1. The van der Waals surface area contributed by atoms with E-state index in [1.54, 1.807) is 24.3 Å². The highest BCUT2D eigenvalue weighted by Gasteiger charge is 2.10. The summed E-state index contributed by atoms with van der Waals surface area (Å²) in [7, 11) is 0. The van der Waals surface area contributed by atoms with E-state index in [1.165, 1.54) is 16.7 Å². The number of carboxylic acid groups (broad SMARTS) is 1. The van der Waals surface area contributed by atoms with E-state index < -0.39 is 5.97 Å². The van der Waals surface area contributed by atoms with Crippen LogP contribution in [0.25, 0.3) is 0 Å². The molecule has 2 N–H and O–H groups in total. The second-order valence-electron chi connectivity index (χ2n) is 6.06. The molecule has 2 aromatic carbocycles. The van der Waals surface area contributed by atoms with Gasteiger partial charge in [-0.2, -0.15) is 0 Å². The zero-order valence-corrected chi connectivity index (χ0v) is 14.1. The minimum absolute atomic E-state index is 0.0560. The number of hydrogen-bond acceptors (Lipinski definition) is 2. The third kappa shape index (κ3) is 5.23.